The van der Waals surface area contributed by atoms with Crippen molar-refractivity contribution in [3.8, 4) is 0 Å². The van der Waals surface area contributed by atoms with E-state index < -0.39 is 0 Å². The van der Waals surface area contributed by atoms with Crippen molar-refractivity contribution in [2.24, 2.45) is 0 Å². The van der Waals surface area contributed by atoms with Crippen LogP contribution in [0.15, 0.2) is 12.1 Å². The second-order valence-corrected chi connectivity index (χ2v) is 6.28. The predicted octanol–water partition coefficient (Wildman–Crippen LogP) is 4.30. The molecule has 2 heterocycles. The molecule has 2 fully saturated rings. The van der Waals surface area contributed by atoms with Gasteiger partial charge >= 0.3 is 0 Å². The van der Waals surface area contributed by atoms with E-state index in [2.05, 4.69) is 10.2 Å². The van der Waals surface area contributed by atoms with Gasteiger partial charge in [0, 0.05) is 23.7 Å². The molecule has 2 unspecified atom stereocenters. The largest absolute Gasteiger partial charge is 0.378 e. The normalized spacial score (nSPS) is 27.5. The lowest BCUT2D eigenvalue weighted by atomic mass is 10.1. The summed E-state index contributed by atoms with van der Waals surface area (Å²) in [6, 6.07) is 4.55. The standard InChI is InChI=1S/C13H15Cl3N2/c14-8-6-9(15)13(10(16)7-8)17-11-3-5-18-4-1-2-12(11)18/h6-7,11-12,17H,1-5H2. The van der Waals surface area contributed by atoms with Gasteiger partial charge in [0.2, 0.25) is 0 Å². The van der Waals surface area contributed by atoms with Gasteiger partial charge in [-0.15, -0.1) is 0 Å². The molecule has 18 heavy (non-hydrogen) atoms. The summed E-state index contributed by atoms with van der Waals surface area (Å²) < 4.78 is 0. The quantitative estimate of drug-likeness (QED) is 0.876. The van der Waals surface area contributed by atoms with Crippen molar-refractivity contribution in [1.82, 2.24) is 4.90 Å². The summed E-state index contributed by atoms with van der Waals surface area (Å²) in [5.41, 5.74) is 0.821. The highest BCUT2D eigenvalue weighted by atomic mass is 35.5. The molecule has 1 aromatic rings. The zero-order valence-corrected chi connectivity index (χ0v) is 12.2. The number of rotatable bonds is 2. The fraction of sp³-hybridized carbons (Fsp3) is 0.538. The number of hydrogen-bond acceptors (Lipinski definition) is 2. The van der Waals surface area contributed by atoms with Crippen LogP contribution >= 0.6 is 34.8 Å². The number of hydrogen-bond donors (Lipinski definition) is 1. The Morgan fingerprint density at radius 1 is 1.06 bits per heavy atom. The summed E-state index contributed by atoms with van der Waals surface area (Å²) in [4.78, 5) is 2.55. The minimum atomic E-state index is 0.448. The average Bonchev–Trinajstić information content (AvgIpc) is 2.86. The summed E-state index contributed by atoms with van der Waals surface area (Å²) in [7, 11) is 0. The molecule has 98 valence electrons. The first-order chi connectivity index (χ1) is 8.65. The van der Waals surface area contributed by atoms with Crippen LogP contribution in [0.1, 0.15) is 19.3 Å². The number of nitrogens with zero attached hydrogens (tertiary/aromatic N) is 1. The Morgan fingerprint density at radius 3 is 2.50 bits per heavy atom. The maximum Gasteiger partial charge on any atom is 0.0722 e. The van der Waals surface area contributed by atoms with Crippen LogP contribution in [0, 0.1) is 0 Å². The highest BCUT2D eigenvalue weighted by Crippen LogP contribution is 2.37. The molecule has 2 saturated heterocycles. The van der Waals surface area contributed by atoms with Gasteiger partial charge in [0.1, 0.15) is 0 Å². The van der Waals surface area contributed by atoms with Gasteiger partial charge in [-0.05, 0) is 37.9 Å². The molecule has 0 aromatic heterocycles. The Morgan fingerprint density at radius 2 is 1.78 bits per heavy atom. The van der Waals surface area contributed by atoms with E-state index in [0.717, 1.165) is 12.1 Å². The van der Waals surface area contributed by atoms with E-state index in [1.807, 2.05) is 0 Å². The van der Waals surface area contributed by atoms with E-state index in [1.54, 1.807) is 12.1 Å². The first kappa shape index (κ1) is 12.9. The lowest BCUT2D eigenvalue weighted by Gasteiger charge is -2.23. The summed E-state index contributed by atoms with van der Waals surface area (Å²) in [5.74, 6) is 0. The number of fused-ring (bicyclic) bond motifs is 1. The number of benzene rings is 1. The second-order valence-electron chi connectivity index (χ2n) is 5.03. The third kappa shape index (κ3) is 2.32. The molecule has 3 rings (SSSR count). The van der Waals surface area contributed by atoms with Gasteiger partial charge in [0.15, 0.2) is 0 Å². The van der Waals surface area contributed by atoms with Gasteiger partial charge in [0.25, 0.3) is 0 Å². The maximum absolute atomic E-state index is 6.21. The minimum Gasteiger partial charge on any atom is -0.378 e. The van der Waals surface area contributed by atoms with Gasteiger partial charge in [-0.2, -0.15) is 0 Å². The Balaban J connectivity index is 1.81. The highest BCUT2D eigenvalue weighted by Gasteiger charge is 2.37. The van der Waals surface area contributed by atoms with E-state index in [1.165, 1.54) is 25.9 Å². The molecule has 2 aliphatic rings. The Labute approximate surface area is 122 Å². The molecule has 0 radical (unpaired) electrons. The second kappa shape index (κ2) is 5.09. The zero-order valence-electron chi connectivity index (χ0n) is 9.93. The van der Waals surface area contributed by atoms with Crippen LogP contribution in [0.25, 0.3) is 0 Å². The first-order valence-corrected chi connectivity index (χ1v) is 7.43. The predicted molar refractivity (Wildman–Crippen MR) is 78.1 cm³/mol. The van der Waals surface area contributed by atoms with Gasteiger partial charge < -0.3 is 5.32 Å². The summed E-state index contributed by atoms with van der Waals surface area (Å²) >= 11 is 18.3. The SMILES string of the molecule is Clc1cc(Cl)c(NC2CCN3CCCC23)c(Cl)c1. The first-order valence-electron chi connectivity index (χ1n) is 6.30. The Kier molecular flexibility index (Phi) is 3.63. The minimum absolute atomic E-state index is 0.448. The lowest BCUT2D eigenvalue weighted by molar-refractivity contribution is 0.318. The molecule has 0 spiro atoms. The molecule has 1 aromatic carbocycles. The third-order valence-electron chi connectivity index (χ3n) is 3.94. The maximum atomic E-state index is 6.21. The summed E-state index contributed by atoms with van der Waals surface area (Å²) in [5, 5.41) is 5.29. The molecule has 1 N–H and O–H groups in total. The van der Waals surface area contributed by atoms with E-state index in [0.29, 0.717) is 27.2 Å². The highest BCUT2D eigenvalue weighted by molar-refractivity contribution is 6.41. The zero-order chi connectivity index (χ0) is 12.7. The molecular weight excluding hydrogens is 291 g/mol. The van der Waals surface area contributed by atoms with Crippen molar-refractivity contribution in [3.05, 3.63) is 27.2 Å². The number of nitrogens with one attached hydrogen (secondary N) is 1. The monoisotopic (exact) mass is 304 g/mol. The van der Waals surface area contributed by atoms with Crippen molar-refractivity contribution >= 4 is 40.5 Å². The molecular formula is C13H15Cl3N2. The number of halogens is 3. The molecule has 0 saturated carbocycles. The van der Waals surface area contributed by atoms with Crippen LogP contribution in [0.5, 0.6) is 0 Å². The van der Waals surface area contributed by atoms with Crippen molar-refractivity contribution in [2.75, 3.05) is 18.4 Å². The Bertz CT molecular complexity index is 441. The topological polar surface area (TPSA) is 15.3 Å². The van der Waals surface area contributed by atoms with Crippen LogP contribution < -0.4 is 5.32 Å². The summed E-state index contributed by atoms with van der Waals surface area (Å²) in [6.45, 7) is 2.40. The van der Waals surface area contributed by atoms with Crippen LogP contribution in [0.4, 0.5) is 5.69 Å². The summed E-state index contributed by atoms with van der Waals surface area (Å²) in [6.07, 6.45) is 3.71. The molecule has 0 bridgehead atoms. The van der Waals surface area contributed by atoms with E-state index in [4.69, 9.17) is 34.8 Å². The van der Waals surface area contributed by atoms with E-state index >= 15 is 0 Å². The Hall–Kier alpha value is -0.150. The lowest BCUT2D eigenvalue weighted by Crippen LogP contribution is -2.33. The van der Waals surface area contributed by atoms with Gasteiger partial charge in [-0.1, -0.05) is 34.8 Å². The molecule has 5 heteroatoms. The molecule has 2 atom stereocenters. The van der Waals surface area contributed by atoms with E-state index in [-0.39, 0.29) is 0 Å². The molecule has 2 aliphatic heterocycles. The molecule has 2 nitrogen and oxygen atoms in total. The molecule has 0 aliphatic carbocycles. The fourth-order valence-electron chi connectivity index (χ4n) is 3.12. The van der Waals surface area contributed by atoms with Crippen LogP contribution in [-0.2, 0) is 0 Å². The fourth-order valence-corrected chi connectivity index (χ4v) is 4.04. The van der Waals surface area contributed by atoms with Gasteiger partial charge in [-0.25, -0.2) is 0 Å². The van der Waals surface area contributed by atoms with Crippen molar-refractivity contribution < 1.29 is 0 Å². The van der Waals surface area contributed by atoms with Crippen LogP contribution in [0.3, 0.4) is 0 Å². The van der Waals surface area contributed by atoms with E-state index in [9.17, 15) is 0 Å². The van der Waals surface area contributed by atoms with Crippen molar-refractivity contribution in [3.63, 3.8) is 0 Å². The third-order valence-corrected chi connectivity index (χ3v) is 4.76. The average molecular weight is 306 g/mol. The number of anilines is 1. The van der Waals surface area contributed by atoms with Crippen molar-refractivity contribution in [1.29, 1.82) is 0 Å². The van der Waals surface area contributed by atoms with Crippen molar-refractivity contribution in [2.45, 2.75) is 31.3 Å². The van der Waals surface area contributed by atoms with Gasteiger partial charge in [-0.3, -0.25) is 4.90 Å². The molecule has 0 amide bonds. The smallest absolute Gasteiger partial charge is 0.0722 e. The van der Waals surface area contributed by atoms with Gasteiger partial charge in [0.05, 0.1) is 15.7 Å². The van der Waals surface area contributed by atoms with Crippen LogP contribution in [0.2, 0.25) is 15.1 Å². The van der Waals surface area contributed by atoms with Crippen LogP contribution in [-0.4, -0.2) is 30.1 Å².